The molecule has 0 aromatic carbocycles. The summed E-state index contributed by atoms with van der Waals surface area (Å²) in [6.45, 7) is 16.0. The van der Waals surface area contributed by atoms with Crippen LogP contribution in [0.2, 0.25) is 0 Å². The van der Waals surface area contributed by atoms with E-state index in [2.05, 4.69) is 39.2 Å². The van der Waals surface area contributed by atoms with Gasteiger partial charge in [0.1, 0.15) is 0 Å². The van der Waals surface area contributed by atoms with E-state index < -0.39 is 0 Å². The van der Waals surface area contributed by atoms with Gasteiger partial charge >= 0.3 is 0 Å². The third kappa shape index (κ3) is 1.47. The first-order valence-corrected chi connectivity index (χ1v) is 6.45. The van der Waals surface area contributed by atoms with Crippen LogP contribution in [0.4, 0.5) is 0 Å². The Morgan fingerprint density at radius 2 is 2.13 bits per heavy atom. The molecule has 0 radical (unpaired) electrons. The number of likely N-dealkylation sites (N-methyl/N-ethyl adjacent to an activating group) is 1. The van der Waals surface area contributed by atoms with Crippen LogP contribution in [0.3, 0.4) is 0 Å². The third-order valence-corrected chi connectivity index (χ3v) is 4.80. The van der Waals surface area contributed by atoms with Crippen molar-refractivity contribution in [3.05, 3.63) is 12.2 Å². The molecule has 1 heterocycles. The highest BCUT2D eigenvalue weighted by molar-refractivity contribution is 5.25. The van der Waals surface area contributed by atoms with E-state index in [-0.39, 0.29) is 0 Å². The topological polar surface area (TPSA) is 3.24 Å². The Hall–Kier alpha value is -0.300. The van der Waals surface area contributed by atoms with Gasteiger partial charge in [-0.05, 0) is 37.1 Å². The molecule has 15 heavy (non-hydrogen) atoms. The number of hydrogen-bond donors (Lipinski definition) is 0. The normalized spacial score (nSPS) is 44.1. The van der Waals surface area contributed by atoms with E-state index in [1.165, 1.54) is 31.5 Å². The summed E-state index contributed by atoms with van der Waals surface area (Å²) in [5.41, 5.74) is 2.02. The van der Waals surface area contributed by atoms with Crippen LogP contribution in [0, 0.1) is 17.3 Å². The van der Waals surface area contributed by atoms with Crippen LogP contribution < -0.4 is 0 Å². The number of rotatable bonds is 4. The Kier molecular flexibility index (Phi) is 2.70. The fourth-order valence-electron chi connectivity index (χ4n) is 4.03. The van der Waals surface area contributed by atoms with Gasteiger partial charge in [-0.2, -0.15) is 0 Å². The highest BCUT2D eigenvalue weighted by Crippen LogP contribution is 2.68. The zero-order valence-corrected chi connectivity index (χ0v) is 10.7. The molecule has 1 nitrogen and oxygen atoms in total. The maximum absolute atomic E-state index is 4.20. The molecule has 0 bridgehead atoms. The molecule has 4 atom stereocenters. The van der Waals surface area contributed by atoms with Crippen molar-refractivity contribution in [3.63, 3.8) is 0 Å². The fourth-order valence-corrected chi connectivity index (χ4v) is 4.03. The van der Waals surface area contributed by atoms with Crippen LogP contribution >= 0.6 is 0 Å². The molecule has 0 amide bonds. The van der Waals surface area contributed by atoms with Gasteiger partial charge < -0.3 is 0 Å². The van der Waals surface area contributed by atoms with Gasteiger partial charge in [0.15, 0.2) is 0 Å². The first-order valence-electron chi connectivity index (χ1n) is 6.45. The van der Waals surface area contributed by atoms with Crippen molar-refractivity contribution in [1.29, 1.82) is 0 Å². The van der Waals surface area contributed by atoms with E-state index >= 15 is 0 Å². The van der Waals surface area contributed by atoms with E-state index in [4.69, 9.17) is 0 Å². The van der Waals surface area contributed by atoms with E-state index in [1.54, 1.807) is 0 Å². The van der Waals surface area contributed by atoms with E-state index in [1.807, 2.05) is 0 Å². The lowest BCUT2D eigenvalue weighted by Gasteiger charge is -2.31. The smallest absolute Gasteiger partial charge is 0.0339 e. The summed E-state index contributed by atoms with van der Waals surface area (Å²) in [5.74, 6) is 1.87. The molecule has 1 aliphatic carbocycles. The molecule has 2 fully saturated rings. The van der Waals surface area contributed by atoms with Crippen LogP contribution in [0.5, 0.6) is 0 Å². The highest BCUT2D eigenvalue weighted by Gasteiger charge is 2.67. The lowest BCUT2D eigenvalue weighted by atomic mass is 9.91. The van der Waals surface area contributed by atoms with Gasteiger partial charge in [0.05, 0.1) is 0 Å². The molecule has 0 aromatic rings. The summed E-state index contributed by atoms with van der Waals surface area (Å²) in [6.07, 6.45) is 2.74. The maximum atomic E-state index is 4.20. The Morgan fingerprint density at radius 3 is 2.60 bits per heavy atom. The van der Waals surface area contributed by atoms with Crippen molar-refractivity contribution in [2.45, 2.75) is 46.6 Å². The van der Waals surface area contributed by atoms with Crippen LogP contribution in [0.1, 0.15) is 40.5 Å². The van der Waals surface area contributed by atoms with Gasteiger partial charge in [0, 0.05) is 12.6 Å². The number of likely N-dealkylation sites (tertiary alicyclic amines) is 1. The molecule has 1 aliphatic heterocycles. The molecule has 2 aliphatic rings. The quantitative estimate of drug-likeness (QED) is 0.639. The molecule has 0 spiro atoms. The minimum Gasteiger partial charge on any atom is -0.296 e. The Morgan fingerprint density at radius 1 is 1.47 bits per heavy atom. The second kappa shape index (κ2) is 3.62. The third-order valence-electron chi connectivity index (χ3n) is 4.80. The standard InChI is InChI=1S/C14H25N/c1-6-8-14(5)11-9-15(7-2)13(10(3)4)12(11)14/h11-13H,3,6-9H2,1-2,4-5H3. The van der Waals surface area contributed by atoms with Crippen LogP contribution in [-0.2, 0) is 0 Å². The minimum atomic E-state index is 0.643. The molecule has 86 valence electrons. The lowest BCUT2D eigenvalue weighted by Crippen LogP contribution is -2.37. The molecule has 1 saturated heterocycles. The Balaban J connectivity index is 2.11. The molecule has 1 saturated carbocycles. The predicted molar refractivity (Wildman–Crippen MR) is 65.8 cm³/mol. The first-order chi connectivity index (χ1) is 7.06. The van der Waals surface area contributed by atoms with Gasteiger partial charge in [-0.1, -0.05) is 39.3 Å². The predicted octanol–water partition coefficient (Wildman–Crippen LogP) is 3.32. The van der Waals surface area contributed by atoms with Gasteiger partial charge in [0.25, 0.3) is 0 Å². The molecule has 1 heteroatoms. The second-order valence-electron chi connectivity index (χ2n) is 5.77. The second-order valence-corrected chi connectivity index (χ2v) is 5.77. The number of fused-ring (bicyclic) bond motifs is 1. The number of nitrogens with zero attached hydrogens (tertiary/aromatic N) is 1. The van der Waals surface area contributed by atoms with E-state index in [0.29, 0.717) is 11.5 Å². The van der Waals surface area contributed by atoms with Crippen molar-refractivity contribution in [3.8, 4) is 0 Å². The molecule has 0 aromatic heterocycles. The van der Waals surface area contributed by atoms with Crippen molar-refractivity contribution in [2.75, 3.05) is 13.1 Å². The summed E-state index contributed by atoms with van der Waals surface area (Å²) in [4.78, 5) is 2.62. The van der Waals surface area contributed by atoms with Crippen molar-refractivity contribution < 1.29 is 0 Å². The maximum Gasteiger partial charge on any atom is 0.0339 e. The summed E-state index contributed by atoms with van der Waals surface area (Å²) in [7, 11) is 0. The molecule has 2 rings (SSSR count). The Bertz CT molecular complexity index is 271. The SMILES string of the molecule is C=C(C)C1C2C(CN1CC)C2(C)CCC. The van der Waals surface area contributed by atoms with Crippen molar-refractivity contribution >= 4 is 0 Å². The monoisotopic (exact) mass is 207 g/mol. The zero-order chi connectivity index (χ0) is 11.2. The molecule has 0 N–H and O–H groups in total. The van der Waals surface area contributed by atoms with E-state index in [0.717, 1.165) is 11.8 Å². The average molecular weight is 207 g/mol. The summed E-state index contributed by atoms with van der Waals surface area (Å²) in [6, 6.07) is 0.677. The van der Waals surface area contributed by atoms with Gasteiger partial charge in [-0.3, -0.25) is 4.90 Å². The van der Waals surface area contributed by atoms with Crippen molar-refractivity contribution in [2.24, 2.45) is 17.3 Å². The Labute approximate surface area is 94.5 Å². The summed E-state index contributed by atoms with van der Waals surface area (Å²) < 4.78 is 0. The van der Waals surface area contributed by atoms with Gasteiger partial charge in [0.2, 0.25) is 0 Å². The molecule has 4 unspecified atom stereocenters. The molecular formula is C14H25N. The van der Waals surface area contributed by atoms with Gasteiger partial charge in [-0.25, -0.2) is 0 Å². The fraction of sp³-hybridized carbons (Fsp3) is 0.857. The van der Waals surface area contributed by atoms with Crippen LogP contribution in [0.25, 0.3) is 0 Å². The number of hydrogen-bond acceptors (Lipinski definition) is 1. The van der Waals surface area contributed by atoms with Crippen LogP contribution in [-0.4, -0.2) is 24.0 Å². The van der Waals surface area contributed by atoms with Crippen LogP contribution in [0.15, 0.2) is 12.2 Å². The lowest BCUT2D eigenvalue weighted by molar-refractivity contribution is 0.201. The van der Waals surface area contributed by atoms with E-state index in [9.17, 15) is 0 Å². The summed E-state index contributed by atoms with van der Waals surface area (Å²) in [5, 5.41) is 0. The number of piperidine rings is 1. The minimum absolute atomic E-state index is 0.643. The van der Waals surface area contributed by atoms with Crippen molar-refractivity contribution in [1.82, 2.24) is 4.90 Å². The largest absolute Gasteiger partial charge is 0.296 e. The molecular weight excluding hydrogens is 182 g/mol. The highest BCUT2D eigenvalue weighted by atomic mass is 15.2. The van der Waals surface area contributed by atoms with Gasteiger partial charge in [-0.15, -0.1) is 0 Å². The first kappa shape index (κ1) is 11.2. The zero-order valence-electron chi connectivity index (χ0n) is 10.7. The summed E-state index contributed by atoms with van der Waals surface area (Å²) >= 11 is 0. The average Bonchev–Trinajstić information content (AvgIpc) is 2.63.